The predicted molar refractivity (Wildman–Crippen MR) is 114 cm³/mol. The number of aromatic nitrogens is 4. The van der Waals surface area contributed by atoms with E-state index >= 15 is 0 Å². The van der Waals surface area contributed by atoms with Gasteiger partial charge in [-0.15, -0.1) is 10.2 Å². The van der Waals surface area contributed by atoms with Gasteiger partial charge < -0.3 is 20.4 Å². The lowest BCUT2D eigenvalue weighted by molar-refractivity contribution is 0.0676. The van der Waals surface area contributed by atoms with Gasteiger partial charge in [0.05, 0.1) is 22.3 Å². The molecule has 12 heteroatoms. The Kier molecular flexibility index (Phi) is 5.39. The lowest BCUT2D eigenvalue weighted by atomic mass is 10.00. The van der Waals surface area contributed by atoms with Crippen LogP contribution in [-0.4, -0.2) is 64.5 Å². The second-order valence-electron chi connectivity index (χ2n) is 6.97. The largest absolute Gasteiger partial charge is 0.478 e. The zero-order chi connectivity index (χ0) is 24.6. The number of fused-ring (bicyclic) bond motifs is 1. The van der Waals surface area contributed by atoms with Crippen molar-refractivity contribution >= 4 is 34.9 Å². The standard InChI is InChI=1S/C22H12N4O8/c27-19(28)11-3-9(4-12(7-11)20(29)30)15-17-18(24-2-1-23-17)16(26-25-15)10-5-13(21(31)32)8-14(6-10)22(33)34/h1-8H,(H,27,28)(H,29,30)(H,31,32)(H,33,34). The fraction of sp³-hybridized carbons (Fsp3) is 0. The third-order valence-corrected chi connectivity index (χ3v) is 4.80. The molecule has 0 fully saturated rings. The molecule has 34 heavy (non-hydrogen) atoms. The molecule has 0 amide bonds. The second-order valence-corrected chi connectivity index (χ2v) is 6.97. The molecule has 4 rings (SSSR count). The van der Waals surface area contributed by atoms with Gasteiger partial charge in [0.25, 0.3) is 0 Å². The molecule has 2 aromatic heterocycles. The fourth-order valence-corrected chi connectivity index (χ4v) is 3.29. The second kappa shape index (κ2) is 8.35. The number of benzene rings is 2. The van der Waals surface area contributed by atoms with Crippen molar-refractivity contribution in [3.63, 3.8) is 0 Å². The van der Waals surface area contributed by atoms with E-state index in [2.05, 4.69) is 20.2 Å². The predicted octanol–water partition coefficient (Wildman–Crippen LogP) is 2.55. The van der Waals surface area contributed by atoms with Crippen LogP contribution in [0.15, 0.2) is 48.8 Å². The van der Waals surface area contributed by atoms with Crippen LogP contribution in [0.5, 0.6) is 0 Å². The first kappa shape index (κ1) is 22.0. The van der Waals surface area contributed by atoms with Gasteiger partial charge in [0.1, 0.15) is 22.4 Å². The average Bonchev–Trinajstić information content (AvgIpc) is 2.82. The van der Waals surface area contributed by atoms with E-state index in [0.29, 0.717) is 0 Å². The van der Waals surface area contributed by atoms with Crippen molar-refractivity contribution in [2.45, 2.75) is 0 Å². The van der Waals surface area contributed by atoms with Crippen LogP contribution in [0.2, 0.25) is 0 Å². The molecule has 0 unspecified atom stereocenters. The molecule has 168 valence electrons. The zero-order valence-corrected chi connectivity index (χ0v) is 16.8. The van der Waals surface area contributed by atoms with Gasteiger partial charge in [-0.3, -0.25) is 9.97 Å². The Labute approximate surface area is 188 Å². The van der Waals surface area contributed by atoms with E-state index in [-0.39, 0.29) is 55.8 Å². The molecule has 0 atom stereocenters. The van der Waals surface area contributed by atoms with E-state index in [1.807, 2.05) is 0 Å². The molecule has 12 nitrogen and oxygen atoms in total. The van der Waals surface area contributed by atoms with Crippen molar-refractivity contribution in [1.29, 1.82) is 0 Å². The van der Waals surface area contributed by atoms with Gasteiger partial charge in [0.2, 0.25) is 0 Å². The number of aromatic carboxylic acids is 4. The quantitative estimate of drug-likeness (QED) is 0.328. The monoisotopic (exact) mass is 460 g/mol. The number of nitrogens with zero attached hydrogens (tertiary/aromatic N) is 4. The minimum atomic E-state index is -1.35. The van der Waals surface area contributed by atoms with Gasteiger partial charge in [-0.1, -0.05) is 0 Å². The summed E-state index contributed by atoms with van der Waals surface area (Å²) in [4.78, 5) is 54.4. The van der Waals surface area contributed by atoms with Gasteiger partial charge in [0.15, 0.2) is 0 Å². The average molecular weight is 460 g/mol. The summed E-state index contributed by atoms with van der Waals surface area (Å²) in [5.74, 6) is -5.40. The lowest BCUT2D eigenvalue weighted by Gasteiger charge is -2.10. The molecule has 2 heterocycles. The summed E-state index contributed by atoms with van der Waals surface area (Å²) in [6.07, 6.45) is 2.65. The Bertz CT molecular complexity index is 1350. The van der Waals surface area contributed by atoms with Crippen molar-refractivity contribution in [3.8, 4) is 22.5 Å². The van der Waals surface area contributed by atoms with E-state index in [1.165, 1.54) is 36.7 Å². The fourth-order valence-electron chi connectivity index (χ4n) is 3.29. The normalized spacial score (nSPS) is 10.7. The summed E-state index contributed by atoms with van der Waals surface area (Å²) >= 11 is 0. The first-order valence-electron chi connectivity index (χ1n) is 9.37. The van der Waals surface area contributed by atoms with Crippen LogP contribution in [0, 0.1) is 0 Å². The molecule has 0 saturated heterocycles. The molecular weight excluding hydrogens is 448 g/mol. The number of hydrogen-bond donors (Lipinski definition) is 4. The van der Waals surface area contributed by atoms with E-state index in [0.717, 1.165) is 12.1 Å². The van der Waals surface area contributed by atoms with Crippen molar-refractivity contribution in [2.75, 3.05) is 0 Å². The number of hydrogen-bond acceptors (Lipinski definition) is 8. The number of carbonyl (C=O) groups is 4. The Hall–Kier alpha value is -5.26. The summed E-state index contributed by atoms with van der Waals surface area (Å²) in [6, 6.07) is 6.82. The molecule has 0 aliphatic heterocycles. The molecule has 0 aliphatic carbocycles. The lowest BCUT2D eigenvalue weighted by Crippen LogP contribution is -2.06. The maximum atomic E-state index is 11.5. The minimum absolute atomic E-state index is 0.0327. The summed E-state index contributed by atoms with van der Waals surface area (Å²) in [5, 5.41) is 45.6. The number of carboxylic acids is 4. The third-order valence-electron chi connectivity index (χ3n) is 4.80. The van der Waals surface area contributed by atoms with Crippen molar-refractivity contribution in [2.24, 2.45) is 0 Å². The van der Waals surface area contributed by atoms with E-state index < -0.39 is 23.9 Å². The smallest absolute Gasteiger partial charge is 0.335 e. The summed E-state index contributed by atoms with van der Waals surface area (Å²) in [7, 11) is 0. The van der Waals surface area contributed by atoms with Crippen LogP contribution in [0.1, 0.15) is 41.4 Å². The minimum Gasteiger partial charge on any atom is -0.478 e. The molecule has 4 aromatic rings. The first-order valence-corrected chi connectivity index (χ1v) is 9.37. The van der Waals surface area contributed by atoms with Crippen LogP contribution in [0.25, 0.3) is 33.5 Å². The number of rotatable bonds is 6. The zero-order valence-electron chi connectivity index (χ0n) is 16.8. The Morgan fingerprint density at radius 2 is 0.794 bits per heavy atom. The van der Waals surface area contributed by atoms with Crippen molar-refractivity contribution < 1.29 is 39.6 Å². The Balaban J connectivity index is 2.00. The molecule has 4 N–H and O–H groups in total. The maximum absolute atomic E-state index is 11.5. The molecule has 0 saturated carbocycles. The maximum Gasteiger partial charge on any atom is 0.335 e. The van der Waals surface area contributed by atoms with Gasteiger partial charge in [-0.2, -0.15) is 0 Å². The van der Waals surface area contributed by atoms with Gasteiger partial charge >= 0.3 is 23.9 Å². The Morgan fingerprint density at radius 1 is 0.500 bits per heavy atom. The van der Waals surface area contributed by atoms with Crippen LogP contribution in [-0.2, 0) is 0 Å². The highest BCUT2D eigenvalue weighted by molar-refractivity contribution is 6.02. The molecule has 2 aromatic carbocycles. The Morgan fingerprint density at radius 3 is 1.06 bits per heavy atom. The van der Waals surface area contributed by atoms with Gasteiger partial charge in [-0.05, 0) is 36.4 Å². The summed E-state index contributed by atoms with van der Waals surface area (Å²) in [5.41, 5.74) is -0.671. The molecular formula is C22H12N4O8. The first-order chi connectivity index (χ1) is 16.2. The highest BCUT2D eigenvalue weighted by Crippen LogP contribution is 2.31. The van der Waals surface area contributed by atoms with Gasteiger partial charge in [-0.25, -0.2) is 19.2 Å². The summed E-state index contributed by atoms with van der Waals surface area (Å²) < 4.78 is 0. The summed E-state index contributed by atoms with van der Waals surface area (Å²) in [6.45, 7) is 0. The topological polar surface area (TPSA) is 201 Å². The molecule has 0 bridgehead atoms. The van der Waals surface area contributed by atoms with E-state index in [4.69, 9.17) is 0 Å². The SMILES string of the molecule is O=C(O)c1cc(C(=O)O)cc(-c2nnc(-c3cc(C(=O)O)cc(C(=O)O)c3)c3nccnc23)c1. The van der Waals surface area contributed by atoms with Crippen LogP contribution < -0.4 is 0 Å². The highest BCUT2D eigenvalue weighted by Gasteiger charge is 2.20. The van der Waals surface area contributed by atoms with Crippen molar-refractivity contribution in [1.82, 2.24) is 20.2 Å². The van der Waals surface area contributed by atoms with Crippen LogP contribution in [0.4, 0.5) is 0 Å². The van der Waals surface area contributed by atoms with E-state index in [1.54, 1.807) is 0 Å². The van der Waals surface area contributed by atoms with Crippen molar-refractivity contribution in [3.05, 3.63) is 71.0 Å². The highest BCUT2D eigenvalue weighted by atomic mass is 16.4. The molecule has 0 spiro atoms. The van der Waals surface area contributed by atoms with Crippen LogP contribution in [0.3, 0.4) is 0 Å². The third kappa shape index (κ3) is 3.98. The molecule has 0 aliphatic rings. The van der Waals surface area contributed by atoms with Crippen LogP contribution >= 0.6 is 0 Å². The van der Waals surface area contributed by atoms with Gasteiger partial charge in [0, 0.05) is 23.5 Å². The number of carboxylic acid groups (broad SMARTS) is 4. The van der Waals surface area contributed by atoms with E-state index in [9.17, 15) is 39.6 Å². The molecule has 0 radical (unpaired) electrons.